The molecule has 0 unspecified atom stereocenters. The molecule has 6 nitrogen and oxygen atoms in total. The van der Waals surface area contributed by atoms with Crippen molar-refractivity contribution in [1.29, 1.82) is 0 Å². The van der Waals surface area contributed by atoms with Crippen molar-refractivity contribution >= 4 is 17.7 Å². The molecule has 0 N–H and O–H groups in total. The van der Waals surface area contributed by atoms with Crippen LogP contribution in [0.1, 0.15) is 26.2 Å². The number of hydrogen-bond donors (Lipinski definition) is 0. The van der Waals surface area contributed by atoms with Crippen LogP contribution in [0.4, 0.5) is 0 Å². The highest BCUT2D eigenvalue weighted by Gasteiger charge is 2.47. The summed E-state index contributed by atoms with van der Waals surface area (Å²) in [7, 11) is 0. The first kappa shape index (κ1) is 13.3. The maximum atomic E-state index is 12.5. The van der Waals surface area contributed by atoms with Crippen LogP contribution in [0.5, 0.6) is 0 Å². The summed E-state index contributed by atoms with van der Waals surface area (Å²) in [4.78, 5) is 38.8. The van der Waals surface area contributed by atoms with Crippen molar-refractivity contribution < 1.29 is 19.1 Å². The van der Waals surface area contributed by atoms with Crippen LogP contribution in [-0.2, 0) is 19.1 Å². The summed E-state index contributed by atoms with van der Waals surface area (Å²) >= 11 is 0. The van der Waals surface area contributed by atoms with Crippen molar-refractivity contribution in [3.63, 3.8) is 0 Å². The number of ether oxygens (including phenoxy) is 1. The SMILES string of the molecule is CC1=CC(=O)N(CC(=O)N2CCOCC23CCC3)C1=O. The molecule has 1 aliphatic carbocycles. The lowest BCUT2D eigenvalue weighted by Gasteiger charge is -2.52. The minimum atomic E-state index is -0.392. The van der Waals surface area contributed by atoms with Crippen LogP contribution < -0.4 is 0 Å². The van der Waals surface area contributed by atoms with Gasteiger partial charge < -0.3 is 9.64 Å². The predicted molar refractivity (Wildman–Crippen MR) is 69.6 cm³/mol. The van der Waals surface area contributed by atoms with Gasteiger partial charge in [-0.3, -0.25) is 19.3 Å². The highest BCUT2D eigenvalue weighted by atomic mass is 16.5. The summed E-state index contributed by atoms with van der Waals surface area (Å²) < 4.78 is 5.49. The van der Waals surface area contributed by atoms with Crippen LogP contribution in [0, 0.1) is 0 Å². The highest BCUT2D eigenvalue weighted by molar-refractivity contribution is 6.17. The molecule has 3 rings (SSSR count). The quantitative estimate of drug-likeness (QED) is 0.671. The lowest BCUT2D eigenvalue weighted by atomic mass is 9.75. The fourth-order valence-corrected chi connectivity index (χ4v) is 3.13. The Morgan fingerprint density at radius 1 is 1.40 bits per heavy atom. The Morgan fingerprint density at radius 3 is 2.70 bits per heavy atom. The number of morpholine rings is 1. The van der Waals surface area contributed by atoms with Gasteiger partial charge in [0.25, 0.3) is 11.8 Å². The number of rotatable bonds is 2. The summed E-state index contributed by atoms with van der Waals surface area (Å²) in [6.07, 6.45) is 4.26. The number of carbonyl (C=O) groups excluding carboxylic acids is 3. The predicted octanol–water partition coefficient (Wildman–Crippen LogP) is 0.0830. The fourth-order valence-electron chi connectivity index (χ4n) is 3.13. The molecule has 2 aliphatic heterocycles. The van der Waals surface area contributed by atoms with Gasteiger partial charge in [0.05, 0.1) is 18.8 Å². The van der Waals surface area contributed by atoms with Crippen LogP contribution in [0.2, 0.25) is 0 Å². The lowest BCUT2D eigenvalue weighted by Crippen LogP contribution is -2.64. The van der Waals surface area contributed by atoms with E-state index in [1.807, 2.05) is 4.90 Å². The molecule has 1 saturated heterocycles. The molecule has 2 heterocycles. The van der Waals surface area contributed by atoms with E-state index in [1.165, 1.54) is 6.08 Å². The van der Waals surface area contributed by atoms with E-state index in [9.17, 15) is 14.4 Å². The number of nitrogens with zero attached hydrogens (tertiary/aromatic N) is 2. The zero-order valence-corrected chi connectivity index (χ0v) is 11.6. The number of imide groups is 1. The molecule has 0 radical (unpaired) electrons. The van der Waals surface area contributed by atoms with E-state index in [0.717, 1.165) is 24.2 Å². The molecule has 0 aromatic carbocycles. The Bertz CT molecular complexity index is 507. The molecule has 0 atom stereocenters. The van der Waals surface area contributed by atoms with Gasteiger partial charge in [0, 0.05) is 18.2 Å². The molecule has 1 saturated carbocycles. The van der Waals surface area contributed by atoms with Gasteiger partial charge in [-0.2, -0.15) is 0 Å². The second-order valence-corrected chi connectivity index (χ2v) is 5.73. The monoisotopic (exact) mass is 278 g/mol. The molecule has 6 heteroatoms. The first-order valence-corrected chi connectivity index (χ1v) is 6.96. The first-order valence-electron chi connectivity index (χ1n) is 6.96. The average molecular weight is 278 g/mol. The normalized spacial score (nSPS) is 24.9. The van der Waals surface area contributed by atoms with Gasteiger partial charge in [-0.25, -0.2) is 0 Å². The Morgan fingerprint density at radius 2 is 2.15 bits per heavy atom. The van der Waals surface area contributed by atoms with Crippen LogP contribution in [0.3, 0.4) is 0 Å². The van der Waals surface area contributed by atoms with Gasteiger partial charge >= 0.3 is 0 Å². The molecule has 3 amide bonds. The standard InChI is InChI=1S/C14H18N2O4/c1-10-7-11(17)15(13(10)19)8-12(18)16-5-6-20-9-14(16)3-2-4-14/h7H,2-6,8-9H2,1H3. The summed E-state index contributed by atoms with van der Waals surface area (Å²) in [6, 6.07) is 0. The van der Waals surface area contributed by atoms with Gasteiger partial charge in [-0.1, -0.05) is 0 Å². The third kappa shape index (κ3) is 1.95. The summed E-state index contributed by atoms with van der Waals surface area (Å²) in [5.41, 5.74) is 0.201. The zero-order chi connectivity index (χ0) is 14.3. The number of carbonyl (C=O) groups is 3. The number of amides is 3. The Kier molecular flexibility index (Phi) is 3.12. The van der Waals surface area contributed by atoms with Crippen LogP contribution >= 0.6 is 0 Å². The summed E-state index contributed by atoms with van der Waals surface area (Å²) in [6.45, 7) is 3.06. The molecule has 0 bridgehead atoms. The van der Waals surface area contributed by atoms with E-state index in [1.54, 1.807) is 6.92 Å². The van der Waals surface area contributed by atoms with Gasteiger partial charge in [0.1, 0.15) is 6.54 Å². The molecule has 0 aromatic heterocycles. The molecule has 0 aromatic rings. The maximum Gasteiger partial charge on any atom is 0.257 e. The topological polar surface area (TPSA) is 66.9 Å². The van der Waals surface area contributed by atoms with Crippen LogP contribution in [-0.4, -0.2) is 59.4 Å². The second-order valence-electron chi connectivity index (χ2n) is 5.73. The smallest absolute Gasteiger partial charge is 0.257 e. The highest BCUT2D eigenvalue weighted by Crippen LogP contribution is 2.39. The Balaban J connectivity index is 1.70. The van der Waals surface area contributed by atoms with Crippen LogP contribution in [0.15, 0.2) is 11.6 Å². The minimum absolute atomic E-state index is 0.155. The average Bonchev–Trinajstić information content (AvgIpc) is 2.63. The largest absolute Gasteiger partial charge is 0.377 e. The minimum Gasteiger partial charge on any atom is -0.377 e. The van der Waals surface area contributed by atoms with E-state index in [-0.39, 0.29) is 23.9 Å². The summed E-state index contributed by atoms with van der Waals surface area (Å²) in [5.74, 6) is -0.908. The van der Waals surface area contributed by atoms with E-state index < -0.39 is 5.91 Å². The molecular weight excluding hydrogens is 260 g/mol. The lowest BCUT2D eigenvalue weighted by molar-refractivity contribution is -0.162. The second kappa shape index (κ2) is 4.70. The Labute approximate surface area is 117 Å². The van der Waals surface area contributed by atoms with Crippen molar-refractivity contribution in [2.24, 2.45) is 0 Å². The molecule has 20 heavy (non-hydrogen) atoms. The van der Waals surface area contributed by atoms with Crippen molar-refractivity contribution in [3.8, 4) is 0 Å². The third-order valence-electron chi connectivity index (χ3n) is 4.47. The van der Waals surface area contributed by atoms with E-state index in [4.69, 9.17) is 4.74 Å². The molecular formula is C14H18N2O4. The van der Waals surface area contributed by atoms with Crippen molar-refractivity contribution in [2.75, 3.05) is 26.3 Å². The van der Waals surface area contributed by atoms with E-state index in [2.05, 4.69) is 0 Å². The summed E-state index contributed by atoms with van der Waals surface area (Å²) in [5, 5.41) is 0. The van der Waals surface area contributed by atoms with Crippen molar-refractivity contribution in [2.45, 2.75) is 31.7 Å². The van der Waals surface area contributed by atoms with Gasteiger partial charge in [-0.15, -0.1) is 0 Å². The van der Waals surface area contributed by atoms with E-state index in [0.29, 0.717) is 25.3 Å². The zero-order valence-electron chi connectivity index (χ0n) is 11.6. The van der Waals surface area contributed by atoms with E-state index >= 15 is 0 Å². The van der Waals surface area contributed by atoms with Crippen molar-refractivity contribution in [3.05, 3.63) is 11.6 Å². The van der Waals surface area contributed by atoms with Gasteiger partial charge in [0.15, 0.2) is 0 Å². The van der Waals surface area contributed by atoms with Crippen molar-refractivity contribution in [1.82, 2.24) is 9.80 Å². The number of hydrogen-bond acceptors (Lipinski definition) is 4. The maximum absolute atomic E-state index is 12.5. The first-order chi connectivity index (χ1) is 9.53. The molecule has 3 aliphatic rings. The van der Waals surface area contributed by atoms with Gasteiger partial charge in [0.2, 0.25) is 5.91 Å². The molecule has 108 valence electrons. The van der Waals surface area contributed by atoms with Gasteiger partial charge in [-0.05, 0) is 26.2 Å². The molecule has 1 spiro atoms. The molecule has 2 fully saturated rings. The van der Waals surface area contributed by atoms with Crippen LogP contribution in [0.25, 0.3) is 0 Å². The fraction of sp³-hybridized carbons (Fsp3) is 0.643. The Hall–Kier alpha value is -1.69. The third-order valence-corrected chi connectivity index (χ3v) is 4.47.